The van der Waals surface area contributed by atoms with E-state index < -0.39 is 0 Å². The lowest BCUT2D eigenvalue weighted by atomic mass is 10.2. The van der Waals surface area contributed by atoms with Gasteiger partial charge in [0.05, 0.1) is 21.1 Å². The lowest BCUT2D eigenvalue weighted by molar-refractivity contribution is 0.586. The van der Waals surface area contributed by atoms with Crippen LogP contribution in [0.4, 0.5) is 15.9 Å². The van der Waals surface area contributed by atoms with Gasteiger partial charge in [0, 0.05) is 17.4 Å². The van der Waals surface area contributed by atoms with Crippen molar-refractivity contribution in [1.82, 2.24) is 9.78 Å². The van der Waals surface area contributed by atoms with Gasteiger partial charge in [-0.3, -0.25) is 4.68 Å². The van der Waals surface area contributed by atoms with Crippen LogP contribution in [0.25, 0.3) is 0 Å². The molecule has 1 aromatic heterocycles. The third kappa shape index (κ3) is 4.73. The second-order valence-corrected chi connectivity index (χ2v) is 7.40. The summed E-state index contributed by atoms with van der Waals surface area (Å²) in [6.07, 6.45) is 1.75. The molecule has 0 aliphatic carbocycles. The second kappa shape index (κ2) is 8.35. The van der Waals surface area contributed by atoms with Crippen molar-refractivity contribution in [1.29, 1.82) is 0 Å². The Bertz CT molecular complexity index is 964. The van der Waals surface area contributed by atoms with Crippen molar-refractivity contribution in [2.75, 3.05) is 10.6 Å². The van der Waals surface area contributed by atoms with Crippen molar-refractivity contribution in [3.63, 3.8) is 0 Å². The summed E-state index contributed by atoms with van der Waals surface area (Å²) in [6, 6.07) is 11.7. The first-order chi connectivity index (χ1) is 12.4. The summed E-state index contributed by atoms with van der Waals surface area (Å²) in [6.45, 7) is 0.305. The van der Waals surface area contributed by atoms with Crippen LogP contribution >= 0.6 is 51.3 Å². The standard InChI is InChI=1S/C17H12BrCl2FN4S/c18-12-9-25(8-10-3-1-2-4-15(10)21)24-16(12)23-17(26)22-11-5-6-13(19)14(20)7-11/h1-7,9H,8H2,(H2,22,23,24,26). The number of thiocarbonyl (C=S) groups is 1. The Kier molecular flexibility index (Phi) is 6.13. The lowest BCUT2D eigenvalue weighted by Crippen LogP contribution is -2.19. The third-order valence-electron chi connectivity index (χ3n) is 3.42. The van der Waals surface area contributed by atoms with Crippen LogP contribution in [0.2, 0.25) is 10.0 Å². The number of nitrogens with one attached hydrogen (secondary N) is 2. The first kappa shape index (κ1) is 19.1. The van der Waals surface area contributed by atoms with E-state index >= 15 is 0 Å². The molecule has 0 fully saturated rings. The highest BCUT2D eigenvalue weighted by Crippen LogP contribution is 2.26. The molecule has 0 atom stereocenters. The van der Waals surface area contributed by atoms with E-state index in [1.165, 1.54) is 6.07 Å². The number of hydrogen-bond acceptors (Lipinski definition) is 2. The molecule has 0 amide bonds. The molecule has 0 unspecified atom stereocenters. The predicted octanol–water partition coefficient (Wildman–Crippen LogP) is 5.95. The maximum absolute atomic E-state index is 13.8. The summed E-state index contributed by atoms with van der Waals surface area (Å²) in [5.41, 5.74) is 1.24. The molecule has 134 valence electrons. The van der Waals surface area contributed by atoms with Gasteiger partial charge in [0.25, 0.3) is 0 Å². The van der Waals surface area contributed by atoms with Crippen molar-refractivity contribution in [2.24, 2.45) is 0 Å². The van der Waals surface area contributed by atoms with E-state index in [-0.39, 0.29) is 5.82 Å². The summed E-state index contributed by atoms with van der Waals surface area (Å²) < 4.78 is 16.1. The first-order valence-corrected chi connectivity index (χ1v) is 9.37. The SMILES string of the molecule is Fc1ccccc1Cn1cc(Br)c(NC(=S)Nc2ccc(Cl)c(Cl)c2)n1. The predicted molar refractivity (Wildman–Crippen MR) is 112 cm³/mol. The number of hydrogen-bond donors (Lipinski definition) is 2. The van der Waals surface area contributed by atoms with E-state index in [0.717, 1.165) is 0 Å². The van der Waals surface area contributed by atoms with Gasteiger partial charge in [-0.1, -0.05) is 41.4 Å². The normalized spacial score (nSPS) is 10.6. The summed E-state index contributed by atoms with van der Waals surface area (Å²) in [4.78, 5) is 0. The van der Waals surface area contributed by atoms with Crippen molar-refractivity contribution in [2.45, 2.75) is 6.54 Å². The molecule has 0 aliphatic rings. The van der Waals surface area contributed by atoms with Crippen LogP contribution in [0.3, 0.4) is 0 Å². The molecule has 3 aromatic rings. The van der Waals surface area contributed by atoms with Crippen LogP contribution in [-0.2, 0) is 6.54 Å². The topological polar surface area (TPSA) is 41.9 Å². The summed E-state index contributed by atoms with van der Waals surface area (Å²) in [5, 5.41) is 11.6. The van der Waals surface area contributed by atoms with E-state index in [1.807, 2.05) is 0 Å². The molecular formula is C17H12BrCl2FN4S. The van der Waals surface area contributed by atoms with Crippen molar-refractivity contribution >= 4 is 68.0 Å². The van der Waals surface area contributed by atoms with Gasteiger partial charge in [-0.25, -0.2) is 4.39 Å². The summed E-state index contributed by atoms with van der Waals surface area (Å²) in [7, 11) is 0. The first-order valence-electron chi connectivity index (χ1n) is 7.42. The van der Waals surface area contributed by atoms with Gasteiger partial charge in [0.2, 0.25) is 0 Å². The molecule has 0 spiro atoms. The molecule has 4 nitrogen and oxygen atoms in total. The molecule has 9 heteroatoms. The Hall–Kier alpha value is -1.67. The van der Waals surface area contributed by atoms with Crippen LogP contribution in [0.1, 0.15) is 5.56 Å². The maximum atomic E-state index is 13.8. The minimum atomic E-state index is -0.273. The van der Waals surface area contributed by atoms with Gasteiger partial charge < -0.3 is 10.6 Å². The quantitative estimate of drug-likeness (QED) is 0.459. The minimum absolute atomic E-state index is 0.273. The average molecular weight is 474 g/mol. The zero-order valence-electron chi connectivity index (χ0n) is 13.1. The number of benzene rings is 2. The smallest absolute Gasteiger partial charge is 0.176 e. The van der Waals surface area contributed by atoms with E-state index in [9.17, 15) is 4.39 Å². The number of nitrogens with zero attached hydrogens (tertiary/aromatic N) is 2. The zero-order valence-corrected chi connectivity index (χ0v) is 17.1. The van der Waals surface area contributed by atoms with Crippen molar-refractivity contribution in [3.8, 4) is 0 Å². The molecule has 0 bridgehead atoms. The van der Waals surface area contributed by atoms with Gasteiger partial charge in [-0.15, -0.1) is 0 Å². The molecule has 3 rings (SSSR count). The molecular weight excluding hydrogens is 462 g/mol. The average Bonchev–Trinajstić information content (AvgIpc) is 2.92. The number of anilines is 2. The maximum Gasteiger partial charge on any atom is 0.176 e. The molecule has 0 saturated heterocycles. The Morgan fingerprint density at radius 2 is 1.92 bits per heavy atom. The van der Waals surface area contributed by atoms with Crippen LogP contribution < -0.4 is 10.6 Å². The summed E-state index contributed by atoms with van der Waals surface area (Å²) >= 11 is 20.6. The van der Waals surface area contributed by atoms with Crippen LogP contribution in [0.5, 0.6) is 0 Å². The molecule has 0 aliphatic heterocycles. The largest absolute Gasteiger partial charge is 0.332 e. The molecule has 26 heavy (non-hydrogen) atoms. The minimum Gasteiger partial charge on any atom is -0.332 e. The van der Waals surface area contributed by atoms with E-state index in [2.05, 4.69) is 31.7 Å². The fourth-order valence-corrected chi connectivity index (χ4v) is 3.14. The van der Waals surface area contributed by atoms with Gasteiger partial charge in [-0.2, -0.15) is 5.10 Å². The number of halogens is 4. The van der Waals surface area contributed by atoms with Crippen molar-refractivity contribution < 1.29 is 4.39 Å². The highest BCUT2D eigenvalue weighted by Gasteiger charge is 2.10. The number of aromatic nitrogens is 2. The molecule has 2 N–H and O–H groups in total. The highest BCUT2D eigenvalue weighted by atomic mass is 79.9. The zero-order chi connectivity index (χ0) is 18.7. The Balaban J connectivity index is 1.68. The van der Waals surface area contributed by atoms with Gasteiger partial charge in [0.15, 0.2) is 10.9 Å². The monoisotopic (exact) mass is 472 g/mol. The fraction of sp³-hybridized carbons (Fsp3) is 0.0588. The van der Waals surface area contributed by atoms with Crippen molar-refractivity contribution in [3.05, 3.63) is 74.6 Å². The number of rotatable bonds is 4. The third-order valence-corrected chi connectivity index (χ3v) is 4.94. The summed E-state index contributed by atoms with van der Waals surface area (Å²) in [5.74, 6) is 0.240. The second-order valence-electron chi connectivity index (χ2n) is 5.32. The Labute approximate surface area is 173 Å². The van der Waals surface area contributed by atoms with Crippen LogP contribution in [0, 0.1) is 5.82 Å². The molecule has 2 aromatic carbocycles. The van der Waals surface area contributed by atoms with E-state index in [4.69, 9.17) is 35.4 Å². The molecule has 0 radical (unpaired) electrons. The van der Waals surface area contributed by atoms with Crippen LogP contribution in [-0.4, -0.2) is 14.9 Å². The van der Waals surface area contributed by atoms with Gasteiger partial charge in [0.1, 0.15) is 5.82 Å². The Morgan fingerprint density at radius 1 is 1.15 bits per heavy atom. The van der Waals surface area contributed by atoms with Crippen LogP contribution in [0.15, 0.2) is 53.1 Å². The van der Waals surface area contributed by atoms with E-state index in [1.54, 1.807) is 47.3 Å². The lowest BCUT2D eigenvalue weighted by Gasteiger charge is -2.10. The van der Waals surface area contributed by atoms with Gasteiger partial charge >= 0.3 is 0 Å². The molecule has 1 heterocycles. The Morgan fingerprint density at radius 3 is 2.65 bits per heavy atom. The van der Waals surface area contributed by atoms with E-state index in [0.29, 0.717) is 43.2 Å². The molecule has 0 saturated carbocycles. The fourth-order valence-electron chi connectivity index (χ4n) is 2.21. The van der Waals surface area contributed by atoms with Gasteiger partial charge in [-0.05, 0) is 52.4 Å². The highest BCUT2D eigenvalue weighted by molar-refractivity contribution is 9.10.